The fourth-order valence-electron chi connectivity index (χ4n) is 3.74. The minimum Gasteiger partial charge on any atom is -0.431 e. The molecule has 2 aromatic rings. The van der Waals surface area contributed by atoms with Crippen LogP contribution in [0, 0.1) is 17.8 Å². The molecule has 1 heterocycles. The third-order valence-corrected chi connectivity index (χ3v) is 5.71. The summed E-state index contributed by atoms with van der Waals surface area (Å²) in [5.74, 6) is 4.02. The Hall–Kier alpha value is -1.16. The summed E-state index contributed by atoms with van der Waals surface area (Å²) in [5, 5.41) is 0.795. The van der Waals surface area contributed by atoms with Crippen LogP contribution in [-0.2, 0) is 0 Å². The highest BCUT2D eigenvalue weighted by Crippen LogP contribution is 2.49. The molecule has 3 unspecified atom stereocenters. The molecule has 2 bridgehead atoms. The van der Waals surface area contributed by atoms with Crippen molar-refractivity contribution in [3.8, 4) is 0 Å². The third kappa shape index (κ3) is 2.12. The topological polar surface area (TPSA) is 52.0 Å². The van der Waals surface area contributed by atoms with Gasteiger partial charge >= 0.3 is 0 Å². The highest BCUT2D eigenvalue weighted by molar-refractivity contribution is 7.99. The van der Waals surface area contributed by atoms with E-state index in [0.717, 1.165) is 45.5 Å². The van der Waals surface area contributed by atoms with Gasteiger partial charge in [0.05, 0.1) is 0 Å². The molecular formula is C15H18N2OS. The second kappa shape index (κ2) is 4.44. The van der Waals surface area contributed by atoms with Crippen molar-refractivity contribution in [3.05, 3.63) is 18.2 Å². The van der Waals surface area contributed by atoms with E-state index in [-0.39, 0.29) is 0 Å². The molecule has 1 aromatic heterocycles. The van der Waals surface area contributed by atoms with Crippen LogP contribution in [0.1, 0.15) is 25.7 Å². The number of thioether (sulfide) groups is 1. The number of oxazole rings is 1. The zero-order chi connectivity index (χ0) is 12.8. The van der Waals surface area contributed by atoms with E-state index in [1.807, 2.05) is 18.2 Å². The largest absolute Gasteiger partial charge is 0.431 e. The Kier molecular flexibility index (Phi) is 2.72. The van der Waals surface area contributed by atoms with E-state index in [1.165, 1.54) is 25.7 Å². The fourth-order valence-corrected chi connectivity index (χ4v) is 4.82. The Balaban J connectivity index is 1.46. The number of nitrogens with zero attached hydrogens (tertiary/aromatic N) is 1. The summed E-state index contributed by atoms with van der Waals surface area (Å²) in [5.41, 5.74) is 8.21. The van der Waals surface area contributed by atoms with E-state index in [9.17, 15) is 0 Å². The van der Waals surface area contributed by atoms with Crippen molar-refractivity contribution >= 4 is 28.5 Å². The summed E-state index contributed by atoms with van der Waals surface area (Å²) < 4.78 is 5.76. The monoisotopic (exact) mass is 274 g/mol. The van der Waals surface area contributed by atoms with E-state index in [2.05, 4.69) is 4.98 Å². The summed E-state index contributed by atoms with van der Waals surface area (Å²) in [7, 11) is 0. The number of aromatic nitrogens is 1. The van der Waals surface area contributed by atoms with Gasteiger partial charge in [-0.05, 0) is 55.2 Å². The molecule has 3 nitrogen and oxygen atoms in total. The van der Waals surface area contributed by atoms with Crippen LogP contribution in [0.2, 0.25) is 0 Å². The summed E-state index contributed by atoms with van der Waals surface area (Å²) in [6.07, 6.45) is 5.80. The number of hydrogen-bond donors (Lipinski definition) is 1. The molecule has 1 aromatic carbocycles. The minimum absolute atomic E-state index is 0.741. The van der Waals surface area contributed by atoms with Gasteiger partial charge in [-0.15, -0.1) is 0 Å². The third-order valence-electron chi connectivity index (χ3n) is 4.70. The number of rotatable bonds is 3. The molecule has 2 aliphatic rings. The van der Waals surface area contributed by atoms with Gasteiger partial charge in [-0.3, -0.25) is 0 Å². The van der Waals surface area contributed by atoms with E-state index < -0.39 is 0 Å². The molecule has 0 spiro atoms. The number of benzene rings is 1. The number of nitrogen functional groups attached to an aromatic ring is 1. The first-order chi connectivity index (χ1) is 9.28. The lowest BCUT2D eigenvalue weighted by molar-refractivity contribution is 0.364. The summed E-state index contributed by atoms with van der Waals surface area (Å²) in [6.45, 7) is 0. The SMILES string of the molecule is Nc1ccc2oc(SCC3CC4CCC3C4)nc2c1. The maximum Gasteiger partial charge on any atom is 0.256 e. The number of nitrogens with two attached hydrogens (primary N) is 1. The molecule has 2 saturated carbocycles. The van der Waals surface area contributed by atoms with Crippen LogP contribution in [0.15, 0.2) is 27.8 Å². The van der Waals surface area contributed by atoms with Crippen molar-refractivity contribution in [3.63, 3.8) is 0 Å². The molecular weight excluding hydrogens is 256 g/mol. The van der Waals surface area contributed by atoms with Gasteiger partial charge in [0.2, 0.25) is 0 Å². The molecule has 100 valence electrons. The average molecular weight is 274 g/mol. The molecule has 3 atom stereocenters. The van der Waals surface area contributed by atoms with Gasteiger partial charge in [-0.1, -0.05) is 18.2 Å². The first kappa shape index (κ1) is 11.6. The van der Waals surface area contributed by atoms with E-state index >= 15 is 0 Å². The lowest BCUT2D eigenvalue weighted by atomic mass is 9.90. The first-order valence-electron chi connectivity index (χ1n) is 7.07. The van der Waals surface area contributed by atoms with Crippen LogP contribution in [-0.4, -0.2) is 10.7 Å². The molecule has 0 radical (unpaired) electrons. The number of hydrogen-bond acceptors (Lipinski definition) is 4. The lowest BCUT2D eigenvalue weighted by Crippen LogP contribution is -2.12. The van der Waals surface area contributed by atoms with Crippen LogP contribution in [0.3, 0.4) is 0 Å². The van der Waals surface area contributed by atoms with Gasteiger partial charge in [-0.25, -0.2) is 4.98 Å². The number of anilines is 1. The zero-order valence-electron chi connectivity index (χ0n) is 10.8. The molecule has 0 saturated heterocycles. The minimum atomic E-state index is 0.741. The summed E-state index contributed by atoms with van der Waals surface area (Å²) in [4.78, 5) is 4.51. The van der Waals surface area contributed by atoms with Crippen molar-refractivity contribution in [2.45, 2.75) is 30.9 Å². The van der Waals surface area contributed by atoms with Gasteiger partial charge in [0.1, 0.15) is 5.52 Å². The van der Waals surface area contributed by atoms with Crippen LogP contribution in [0.4, 0.5) is 5.69 Å². The predicted octanol–water partition coefficient (Wildman–Crippen LogP) is 3.94. The molecule has 0 amide bonds. The Morgan fingerprint density at radius 3 is 3.05 bits per heavy atom. The van der Waals surface area contributed by atoms with E-state index in [4.69, 9.17) is 10.2 Å². The van der Waals surface area contributed by atoms with Gasteiger partial charge in [0.25, 0.3) is 5.22 Å². The molecule has 2 fully saturated rings. The Morgan fingerprint density at radius 2 is 2.26 bits per heavy atom. The molecule has 4 rings (SSSR count). The summed E-state index contributed by atoms with van der Waals surface area (Å²) in [6, 6.07) is 5.64. The van der Waals surface area contributed by atoms with Crippen molar-refractivity contribution in [1.29, 1.82) is 0 Å². The fraction of sp³-hybridized carbons (Fsp3) is 0.533. The molecule has 2 aliphatic carbocycles. The lowest BCUT2D eigenvalue weighted by Gasteiger charge is -2.20. The second-order valence-electron chi connectivity index (χ2n) is 5.95. The predicted molar refractivity (Wildman–Crippen MR) is 78.1 cm³/mol. The van der Waals surface area contributed by atoms with Gasteiger partial charge in [-0.2, -0.15) is 0 Å². The zero-order valence-corrected chi connectivity index (χ0v) is 11.7. The maximum absolute atomic E-state index is 5.76. The van der Waals surface area contributed by atoms with Crippen LogP contribution in [0.5, 0.6) is 0 Å². The molecule has 2 N–H and O–H groups in total. The van der Waals surface area contributed by atoms with Crippen molar-refractivity contribution in [2.24, 2.45) is 17.8 Å². The Bertz CT molecular complexity index is 609. The van der Waals surface area contributed by atoms with Gasteiger partial charge in [0, 0.05) is 11.4 Å². The van der Waals surface area contributed by atoms with Crippen LogP contribution < -0.4 is 5.73 Å². The van der Waals surface area contributed by atoms with Crippen molar-refractivity contribution in [1.82, 2.24) is 4.98 Å². The highest BCUT2D eigenvalue weighted by Gasteiger charge is 2.39. The Morgan fingerprint density at radius 1 is 1.32 bits per heavy atom. The van der Waals surface area contributed by atoms with E-state index in [0.29, 0.717) is 0 Å². The second-order valence-corrected chi connectivity index (χ2v) is 6.92. The van der Waals surface area contributed by atoms with Crippen LogP contribution in [0.25, 0.3) is 11.1 Å². The smallest absolute Gasteiger partial charge is 0.256 e. The quantitative estimate of drug-likeness (QED) is 0.680. The maximum atomic E-state index is 5.76. The molecule has 4 heteroatoms. The highest BCUT2D eigenvalue weighted by atomic mass is 32.2. The molecule has 0 aliphatic heterocycles. The summed E-state index contributed by atoms with van der Waals surface area (Å²) >= 11 is 1.77. The first-order valence-corrected chi connectivity index (χ1v) is 8.05. The Labute approximate surface area is 116 Å². The van der Waals surface area contributed by atoms with Gasteiger partial charge < -0.3 is 10.2 Å². The number of fused-ring (bicyclic) bond motifs is 3. The average Bonchev–Trinajstić information content (AvgIpc) is 3.09. The molecule has 19 heavy (non-hydrogen) atoms. The van der Waals surface area contributed by atoms with Crippen molar-refractivity contribution < 1.29 is 4.42 Å². The normalized spacial score (nSPS) is 29.4. The van der Waals surface area contributed by atoms with E-state index in [1.54, 1.807) is 11.8 Å². The standard InChI is InChI=1S/C15H18N2OS/c16-12-3-4-14-13(7-12)17-15(18-14)19-8-11-6-9-1-2-10(11)5-9/h3-4,7,9-11H,1-2,5-6,8,16H2. The van der Waals surface area contributed by atoms with Crippen molar-refractivity contribution in [2.75, 3.05) is 11.5 Å². The van der Waals surface area contributed by atoms with Gasteiger partial charge in [0.15, 0.2) is 5.58 Å². The van der Waals surface area contributed by atoms with Crippen LogP contribution >= 0.6 is 11.8 Å².